The smallest absolute Gasteiger partial charge is 0.249 e. The summed E-state index contributed by atoms with van der Waals surface area (Å²) in [5, 5.41) is 11.5. The highest BCUT2D eigenvalue weighted by Gasteiger charge is 2.13. The second-order valence-corrected chi connectivity index (χ2v) is 5.95. The van der Waals surface area contributed by atoms with Crippen molar-refractivity contribution >= 4 is 23.2 Å². The van der Waals surface area contributed by atoms with E-state index in [2.05, 4.69) is 22.4 Å². The first kappa shape index (κ1) is 17.2. The molecule has 3 aromatic rings. The van der Waals surface area contributed by atoms with Crippen molar-refractivity contribution in [2.24, 2.45) is 0 Å². The topological polar surface area (TPSA) is 68.0 Å². The molecule has 25 heavy (non-hydrogen) atoms. The number of anilines is 1. The van der Waals surface area contributed by atoms with Gasteiger partial charge in [-0.3, -0.25) is 4.79 Å². The molecular weight excluding hydrogens is 338 g/mol. The molecule has 0 atom stereocenters. The summed E-state index contributed by atoms with van der Waals surface area (Å²) in [6, 6.07) is 15.0. The van der Waals surface area contributed by atoms with Crippen molar-refractivity contribution in [3.63, 3.8) is 0 Å². The number of hydrogen-bond donors (Lipinski definition) is 1. The molecule has 0 fully saturated rings. The van der Waals surface area contributed by atoms with Gasteiger partial charge in [0, 0.05) is 18.5 Å². The average Bonchev–Trinajstić information content (AvgIpc) is 3.09. The minimum absolute atomic E-state index is 0.0848. The minimum atomic E-state index is -0.0848. The lowest BCUT2D eigenvalue weighted by Crippen LogP contribution is -2.13. The van der Waals surface area contributed by atoms with Gasteiger partial charge in [0.25, 0.3) is 0 Å². The number of amides is 1. The predicted molar refractivity (Wildman–Crippen MR) is 97.5 cm³/mol. The molecule has 0 saturated carbocycles. The van der Waals surface area contributed by atoms with Crippen molar-refractivity contribution in [1.82, 2.24) is 10.2 Å². The first-order valence-electron chi connectivity index (χ1n) is 8.12. The van der Waals surface area contributed by atoms with Crippen LogP contribution in [0.25, 0.3) is 11.5 Å². The van der Waals surface area contributed by atoms with E-state index in [0.717, 1.165) is 17.7 Å². The van der Waals surface area contributed by atoms with Gasteiger partial charge in [-0.1, -0.05) is 48.9 Å². The van der Waals surface area contributed by atoms with E-state index in [9.17, 15) is 4.79 Å². The second-order valence-electron chi connectivity index (χ2n) is 5.54. The van der Waals surface area contributed by atoms with Gasteiger partial charge in [-0.15, -0.1) is 10.2 Å². The highest BCUT2D eigenvalue weighted by atomic mass is 35.5. The largest absolute Gasteiger partial charge is 0.421 e. The van der Waals surface area contributed by atoms with Crippen molar-refractivity contribution in [1.29, 1.82) is 0 Å². The van der Waals surface area contributed by atoms with Crippen LogP contribution in [-0.4, -0.2) is 16.1 Å². The number of nitrogens with one attached hydrogen (secondary N) is 1. The third kappa shape index (κ3) is 4.25. The van der Waals surface area contributed by atoms with Gasteiger partial charge in [0.1, 0.15) is 0 Å². The summed E-state index contributed by atoms with van der Waals surface area (Å²) in [5.74, 6) is 0.685. The lowest BCUT2D eigenvalue weighted by Gasteiger charge is -2.08. The summed E-state index contributed by atoms with van der Waals surface area (Å²) in [6.07, 6.45) is 1.50. The number of carbonyl (C=O) groups excluding carboxylic acids is 1. The number of nitrogens with zero attached hydrogens (tertiary/aromatic N) is 2. The maximum atomic E-state index is 12.2. The van der Waals surface area contributed by atoms with E-state index >= 15 is 0 Å². The van der Waals surface area contributed by atoms with Gasteiger partial charge in [0.15, 0.2) is 0 Å². The van der Waals surface area contributed by atoms with Gasteiger partial charge in [-0.25, -0.2) is 0 Å². The summed E-state index contributed by atoms with van der Waals surface area (Å²) in [4.78, 5) is 12.2. The molecule has 5 nitrogen and oxygen atoms in total. The number of aryl methyl sites for hydroxylation is 2. The zero-order chi connectivity index (χ0) is 17.6. The van der Waals surface area contributed by atoms with Gasteiger partial charge >= 0.3 is 0 Å². The fourth-order valence-corrected chi connectivity index (χ4v) is 2.70. The summed E-state index contributed by atoms with van der Waals surface area (Å²) < 4.78 is 5.61. The van der Waals surface area contributed by atoms with Crippen molar-refractivity contribution in [2.75, 3.05) is 5.32 Å². The molecular formula is C19H18ClN3O2. The van der Waals surface area contributed by atoms with Crippen molar-refractivity contribution in [2.45, 2.75) is 26.2 Å². The molecule has 0 saturated heterocycles. The Bertz CT molecular complexity index is 876. The van der Waals surface area contributed by atoms with Crippen LogP contribution in [0, 0.1) is 0 Å². The zero-order valence-electron chi connectivity index (χ0n) is 13.8. The SMILES string of the molecule is CCc1ccccc1NC(=O)CCc1nnc(-c2ccccc2Cl)o1. The zero-order valence-corrected chi connectivity index (χ0v) is 14.6. The number of para-hydroxylation sites is 1. The Balaban J connectivity index is 1.61. The molecule has 3 rings (SSSR count). The van der Waals surface area contributed by atoms with Gasteiger partial charge in [-0.05, 0) is 30.2 Å². The summed E-state index contributed by atoms with van der Waals surface area (Å²) in [7, 11) is 0. The summed E-state index contributed by atoms with van der Waals surface area (Å²) in [6.45, 7) is 2.06. The lowest BCUT2D eigenvalue weighted by atomic mass is 10.1. The summed E-state index contributed by atoms with van der Waals surface area (Å²) in [5.41, 5.74) is 2.64. The quantitative estimate of drug-likeness (QED) is 0.705. The molecule has 1 amide bonds. The van der Waals surface area contributed by atoms with Crippen LogP contribution in [0.4, 0.5) is 5.69 Å². The van der Waals surface area contributed by atoms with E-state index in [1.165, 1.54) is 0 Å². The minimum Gasteiger partial charge on any atom is -0.421 e. The van der Waals surface area contributed by atoms with Gasteiger partial charge in [-0.2, -0.15) is 0 Å². The Hall–Kier alpha value is -2.66. The first-order valence-corrected chi connectivity index (χ1v) is 8.50. The number of hydrogen-bond acceptors (Lipinski definition) is 4. The van der Waals surface area contributed by atoms with Crippen molar-refractivity contribution < 1.29 is 9.21 Å². The fraction of sp³-hybridized carbons (Fsp3) is 0.211. The van der Waals surface area contributed by atoms with Gasteiger partial charge < -0.3 is 9.73 Å². The molecule has 1 aromatic heterocycles. The third-order valence-electron chi connectivity index (χ3n) is 3.81. The van der Waals surface area contributed by atoms with Crippen LogP contribution in [0.3, 0.4) is 0 Å². The monoisotopic (exact) mass is 355 g/mol. The van der Waals surface area contributed by atoms with Crippen LogP contribution in [0.15, 0.2) is 52.9 Å². The lowest BCUT2D eigenvalue weighted by molar-refractivity contribution is -0.116. The number of rotatable bonds is 6. The summed E-state index contributed by atoms with van der Waals surface area (Å²) >= 11 is 6.12. The number of halogens is 1. The average molecular weight is 356 g/mol. The van der Waals surface area contributed by atoms with Crippen LogP contribution >= 0.6 is 11.6 Å². The van der Waals surface area contributed by atoms with Crippen LogP contribution in [0.1, 0.15) is 24.8 Å². The van der Waals surface area contributed by atoms with Crippen LogP contribution in [-0.2, 0) is 17.6 Å². The molecule has 0 spiro atoms. The molecule has 128 valence electrons. The van der Waals surface area contributed by atoms with Gasteiger partial charge in [0.2, 0.25) is 17.7 Å². The normalized spacial score (nSPS) is 10.6. The Morgan fingerprint density at radius 2 is 1.88 bits per heavy atom. The first-order chi connectivity index (χ1) is 12.2. The number of aromatic nitrogens is 2. The molecule has 1 N–H and O–H groups in total. The highest BCUT2D eigenvalue weighted by molar-refractivity contribution is 6.33. The molecule has 0 aliphatic heterocycles. The van der Waals surface area contributed by atoms with E-state index in [1.54, 1.807) is 6.07 Å². The van der Waals surface area contributed by atoms with Crippen LogP contribution < -0.4 is 5.32 Å². The van der Waals surface area contributed by atoms with Crippen LogP contribution in [0.5, 0.6) is 0 Å². The van der Waals surface area contributed by atoms with Crippen molar-refractivity contribution in [3.05, 3.63) is 65.0 Å². The van der Waals surface area contributed by atoms with Crippen LogP contribution in [0.2, 0.25) is 5.02 Å². The molecule has 0 unspecified atom stereocenters. The molecule has 0 radical (unpaired) electrons. The molecule has 0 aliphatic rings. The standard InChI is InChI=1S/C19H18ClN3O2/c1-2-13-7-3-6-10-16(13)21-17(24)11-12-18-22-23-19(25-18)14-8-4-5-9-15(14)20/h3-10H,2,11-12H2,1H3,(H,21,24). The molecule has 0 aliphatic carbocycles. The maximum Gasteiger partial charge on any atom is 0.249 e. The van der Waals surface area contributed by atoms with E-state index in [1.807, 2.05) is 42.5 Å². The van der Waals surface area contributed by atoms with Crippen molar-refractivity contribution in [3.8, 4) is 11.5 Å². The second kappa shape index (κ2) is 7.94. The van der Waals surface area contributed by atoms with E-state index in [0.29, 0.717) is 28.8 Å². The Morgan fingerprint density at radius 1 is 1.12 bits per heavy atom. The maximum absolute atomic E-state index is 12.2. The predicted octanol–water partition coefficient (Wildman–Crippen LogP) is 4.52. The molecule has 1 heterocycles. The fourth-order valence-electron chi connectivity index (χ4n) is 2.48. The Labute approximate surface area is 151 Å². The van der Waals surface area contributed by atoms with E-state index in [-0.39, 0.29) is 12.3 Å². The third-order valence-corrected chi connectivity index (χ3v) is 4.14. The van der Waals surface area contributed by atoms with Gasteiger partial charge in [0.05, 0.1) is 10.6 Å². The van der Waals surface area contributed by atoms with E-state index in [4.69, 9.17) is 16.0 Å². The number of carbonyl (C=O) groups is 1. The molecule has 0 bridgehead atoms. The molecule has 6 heteroatoms. The number of benzene rings is 2. The van der Waals surface area contributed by atoms with E-state index < -0.39 is 0 Å². The highest BCUT2D eigenvalue weighted by Crippen LogP contribution is 2.26. The Kier molecular flexibility index (Phi) is 5.46. The Morgan fingerprint density at radius 3 is 2.68 bits per heavy atom. The molecule has 2 aromatic carbocycles.